The number of thiophene rings is 1. The lowest BCUT2D eigenvalue weighted by atomic mass is 9.95. The molecule has 7 heteroatoms. The van der Waals surface area contributed by atoms with Crippen LogP contribution in [0, 0.1) is 19.8 Å². The van der Waals surface area contributed by atoms with Crippen LogP contribution in [-0.2, 0) is 11.3 Å². The molecule has 152 valence electrons. The van der Waals surface area contributed by atoms with E-state index >= 15 is 0 Å². The third-order valence-corrected chi connectivity index (χ3v) is 7.12. The Morgan fingerprint density at radius 2 is 2.03 bits per heavy atom. The van der Waals surface area contributed by atoms with Crippen molar-refractivity contribution in [3.63, 3.8) is 0 Å². The van der Waals surface area contributed by atoms with Crippen molar-refractivity contribution < 1.29 is 4.79 Å². The van der Waals surface area contributed by atoms with Crippen molar-refractivity contribution in [1.29, 1.82) is 0 Å². The molecule has 29 heavy (non-hydrogen) atoms. The topological polar surface area (TPSA) is 49.3 Å². The van der Waals surface area contributed by atoms with Crippen molar-refractivity contribution >= 4 is 44.9 Å². The van der Waals surface area contributed by atoms with Gasteiger partial charge >= 0.3 is 0 Å². The van der Waals surface area contributed by atoms with Gasteiger partial charge in [0.2, 0.25) is 5.91 Å². The molecule has 2 aromatic heterocycles. The van der Waals surface area contributed by atoms with Gasteiger partial charge in [0.05, 0.1) is 5.39 Å². The summed E-state index contributed by atoms with van der Waals surface area (Å²) in [4.78, 5) is 28.4. The van der Waals surface area contributed by atoms with Gasteiger partial charge in [0.25, 0.3) is 0 Å². The molecule has 1 aliphatic rings. The first-order valence-corrected chi connectivity index (χ1v) is 11.1. The molecule has 3 aromatic rings. The Labute approximate surface area is 180 Å². The minimum Gasteiger partial charge on any atom is -0.356 e. The highest BCUT2D eigenvalue weighted by atomic mass is 35.5. The van der Waals surface area contributed by atoms with E-state index in [4.69, 9.17) is 11.6 Å². The van der Waals surface area contributed by atoms with Crippen LogP contribution in [0.25, 0.3) is 10.2 Å². The summed E-state index contributed by atoms with van der Waals surface area (Å²) in [7, 11) is 1.88. The summed E-state index contributed by atoms with van der Waals surface area (Å²) in [5.41, 5.74) is 2.32. The third kappa shape index (κ3) is 4.09. The predicted molar refractivity (Wildman–Crippen MR) is 120 cm³/mol. The molecular formula is C22H25ClN4OS. The molecule has 0 radical (unpaired) electrons. The number of piperidine rings is 1. The van der Waals surface area contributed by atoms with Crippen molar-refractivity contribution in [3.05, 3.63) is 51.6 Å². The van der Waals surface area contributed by atoms with Crippen LogP contribution in [0.15, 0.2) is 30.6 Å². The van der Waals surface area contributed by atoms with Gasteiger partial charge in [-0.1, -0.05) is 23.7 Å². The van der Waals surface area contributed by atoms with E-state index < -0.39 is 0 Å². The number of halogens is 1. The fourth-order valence-electron chi connectivity index (χ4n) is 4.04. The highest BCUT2D eigenvalue weighted by Crippen LogP contribution is 2.35. The average Bonchev–Trinajstić information content (AvgIpc) is 3.01. The van der Waals surface area contributed by atoms with Crippen LogP contribution in [0.2, 0.25) is 5.02 Å². The molecule has 0 unspecified atom stereocenters. The van der Waals surface area contributed by atoms with Gasteiger partial charge in [0, 0.05) is 42.5 Å². The van der Waals surface area contributed by atoms with Gasteiger partial charge in [-0.25, -0.2) is 9.97 Å². The van der Waals surface area contributed by atoms with Gasteiger partial charge in [-0.3, -0.25) is 4.79 Å². The maximum Gasteiger partial charge on any atom is 0.225 e. The van der Waals surface area contributed by atoms with Crippen molar-refractivity contribution in [2.45, 2.75) is 33.2 Å². The van der Waals surface area contributed by atoms with E-state index in [9.17, 15) is 4.79 Å². The number of aromatic nitrogens is 2. The van der Waals surface area contributed by atoms with E-state index in [-0.39, 0.29) is 11.8 Å². The fourth-order valence-corrected chi connectivity index (χ4v) is 5.24. The first kappa shape index (κ1) is 20.1. The fraction of sp³-hybridized carbons (Fsp3) is 0.409. The van der Waals surface area contributed by atoms with Gasteiger partial charge in [0.1, 0.15) is 17.0 Å². The lowest BCUT2D eigenvalue weighted by Crippen LogP contribution is -2.41. The minimum absolute atomic E-state index is 0.0538. The molecule has 1 aliphatic heterocycles. The van der Waals surface area contributed by atoms with Gasteiger partial charge in [0.15, 0.2) is 0 Å². The standard InChI is InChI=1S/C22H25ClN4OS/c1-14-15(2)29-21-19(14)20(24-13-25-21)27-9-7-17(8-10-27)22(28)26(3)12-16-5-4-6-18(23)11-16/h4-6,11,13,17H,7-10,12H2,1-3H3. The Bertz CT molecular complexity index is 1040. The molecule has 1 aromatic carbocycles. The summed E-state index contributed by atoms with van der Waals surface area (Å²) in [5.74, 6) is 1.27. The highest BCUT2D eigenvalue weighted by molar-refractivity contribution is 7.18. The Balaban J connectivity index is 1.42. The maximum absolute atomic E-state index is 13.0. The summed E-state index contributed by atoms with van der Waals surface area (Å²) >= 11 is 7.79. The number of anilines is 1. The van der Waals surface area contributed by atoms with Crippen LogP contribution in [0.1, 0.15) is 28.8 Å². The van der Waals surface area contributed by atoms with Gasteiger partial charge in [-0.05, 0) is 49.9 Å². The number of aryl methyl sites for hydroxylation is 2. The van der Waals surface area contributed by atoms with Gasteiger partial charge in [-0.2, -0.15) is 0 Å². The molecule has 0 aliphatic carbocycles. The number of amides is 1. The quantitative estimate of drug-likeness (QED) is 0.596. The summed E-state index contributed by atoms with van der Waals surface area (Å²) < 4.78 is 0. The number of rotatable bonds is 4. The van der Waals surface area contributed by atoms with Crippen LogP contribution in [0.4, 0.5) is 5.82 Å². The van der Waals surface area contributed by atoms with Crippen molar-refractivity contribution in [3.8, 4) is 0 Å². The summed E-state index contributed by atoms with van der Waals surface area (Å²) in [6, 6.07) is 7.69. The second-order valence-corrected chi connectivity index (χ2v) is 9.39. The van der Waals surface area contributed by atoms with Gasteiger partial charge < -0.3 is 9.80 Å². The third-order valence-electron chi connectivity index (χ3n) is 5.77. The second-order valence-electron chi connectivity index (χ2n) is 7.75. The van der Waals surface area contributed by atoms with Gasteiger partial charge in [-0.15, -0.1) is 11.3 Å². The smallest absolute Gasteiger partial charge is 0.225 e. The largest absolute Gasteiger partial charge is 0.356 e. The van der Waals surface area contributed by atoms with Crippen LogP contribution in [0.3, 0.4) is 0 Å². The number of benzene rings is 1. The molecule has 5 nitrogen and oxygen atoms in total. The van der Waals surface area contributed by atoms with E-state index in [0.717, 1.165) is 47.5 Å². The normalized spacial score (nSPS) is 15.1. The van der Waals surface area contributed by atoms with E-state index in [1.165, 1.54) is 10.4 Å². The molecule has 0 saturated carbocycles. The molecule has 1 fully saturated rings. The van der Waals surface area contributed by atoms with Crippen molar-refractivity contribution in [2.24, 2.45) is 5.92 Å². The number of fused-ring (bicyclic) bond motifs is 1. The zero-order valence-corrected chi connectivity index (χ0v) is 18.6. The monoisotopic (exact) mass is 428 g/mol. The summed E-state index contributed by atoms with van der Waals surface area (Å²) in [5, 5.41) is 1.87. The number of hydrogen-bond acceptors (Lipinski definition) is 5. The van der Waals surface area contributed by atoms with E-state index in [1.54, 1.807) is 17.7 Å². The van der Waals surface area contributed by atoms with E-state index in [1.807, 2.05) is 36.2 Å². The predicted octanol–water partition coefficient (Wildman–Crippen LogP) is 4.84. The number of carbonyl (C=O) groups excluding carboxylic acids is 1. The lowest BCUT2D eigenvalue weighted by Gasteiger charge is -2.34. The Kier molecular flexibility index (Phi) is 5.74. The minimum atomic E-state index is 0.0538. The zero-order chi connectivity index (χ0) is 20.5. The molecule has 0 spiro atoms. The van der Waals surface area contributed by atoms with E-state index in [0.29, 0.717) is 11.6 Å². The molecule has 1 amide bonds. The number of nitrogens with zero attached hydrogens (tertiary/aromatic N) is 4. The second kappa shape index (κ2) is 8.28. The van der Waals surface area contributed by atoms with E-state index in [2.05, 4.69) is 28.7 Å². The zero-order valence-electron chi connectivity index (χ0n) is 17.0. The van der Waals surface area contributed by atoms with Crippen LogP contribution >= 0.6 is 22.9 Å². The Morgan fingerprint density at radius 3 is 2.76 bits per heavy atom. The van der Waals surface area contributed by atoms with Crippen molar-refractivity contribution in [1.82, 2.24) is 14.9 Å². The molecule has 0 N–H and O–H groups in total. The highest BCUT2D eigenvalue weighted by Gasteiger charge is 2.29. The number of hydrogen-bond donors (Lipinski definition) is 0. The Hall–Kier alpha value is -2.18. The lowest BCUT2D eigenvalue weighted by molar-refractivity contribution is -0.135. The van der Waals surface area contributed by atoms with Crippen molar-refractivity contribution in [2.75, 3.05) is 25.0 Å². The number of carbonyl (C=O) groups is 1. The SMILES string of the molecule is Cc1sc2ncnc(N3CCC(C(=O)N(C)Cc4cccc(Cl)c4)CC3)c2c1C. The molecule has 3 heterocycles. The molecular weight excluding hydrogens is 404 g/mol. The summed E-state index contributed by atoms with van der Waals surface area (Å²) in [6.07, 6.45) is 3.34. The molecule has 0 atom stereocenters. The summed E-state index contributed by atoms with van der Waals surface area (Å²) in [6.45, 7) is 6.53. The molecule has 4 rings (SSSR count). The van der Waals surface area contributed by atoms with Crippen LogP contribution < -0.4 is 4.90 Å². The first-order valence-electron chi connectivity index (χ1n) is 9.89. The van der Waals surface area contributed by atoms with Crippen LogP contribution in [-0.4, -0.2) is 40.9 Å². The average molecular weight is 429 g/mol. The Morgan fingerprint density at radius 1 is 1.28 bits per heavy atom. The molecule has 1 saturated heterocycles. The maximum atomic E-state index is 13.0. The first-order chi connectivity index (χ1) is 13.9. The molecule has 0 bridgehead atoms. The van der Waals surface area contributed by atoms with Crippen LogP contribution in [0.5, 0.6) is 0 Å².